The second-order valence-corrected chi connectivity index (χ2v) is 4.70. The number of rotatable bonds is 5. The Balaban J connectivity index is 1.69. The van der Waals surface area contributed by atoms with Crippen molar-refractivity contribution < 1.29 is 18.3 Å². The SMILES string of the molecule is O=C(CCNCc1cc(F)cc(F)c1)N1CCOCC1. The van der Waals surface area contributed by atoms with Crippen LogP contribution in [0.4, 0.5) is 8.78 Å². The summed E-state index contributed by atoms with van der Waals surface area (Å²) in [5.41, 5.74) is 0.529. The number of benzene rings is 1. The number of carbonyl (C=O) groups is 1. The van der Waals surface area contributed by atoms with Gasteiger partial charge >= 0.3 is 0 Å². The Hall–Kier alpha value is -1.53. The van der Waals surface area contributed by atoms with Gasteiger partial charge in [0.15, 0.2) is 0 Å². The second-order valence-electron chi connectivity index (χ2n) is 4.70. The van der Waals surface area contributed by atoms with Gasteiger partial charge < -0.3 is 15.0 Å². The van der Waals surface area contributed by atoms with Crippen LogP contribution in [0.5, 0.6) is 0 Å². The van der Waals surface area contributed by atoms with Gasteiger partial charge in [0.25, 0.3) is 0 Å². The van der Waals surface area contributed by atoms with Crippen LogP contribution in [0.2, 0.25) is 0 Å². The van der Waals surface area contributed by atoms with E-state index in [0.717, 1.165) is 6.07 Å². The lowest BCUT2D eigenvalue weighted by atomic mass is 10.2. The highest BCUT2D eigenvalue weighted by Gasteiger charge is 2.15. The van der Waals surface area contributed by atoms with Gasteiger partial charge in [-0.1, -0.05) is 0 Å². The zero-order valence-electron chi connectivity index (χ0n) is 11.2. The molecule has 6 heteroatoms. The van der Waals surface area contributed by atoms with Crippen molar-refractivity contribution in [1.29, 1.82) is 0 Å². The van der Waals surface area contributed by atoms with Crippen LogP contribution in [-0.2, 0) is 16.1 Å². The third kappa shape index (κ3) is 4.54. The van der Waals surface area contributed by atoms with E-state index in [4.69, 9.17) is 4.74 Å². The van der Waals surface area contributed by atoms with E-state index < -0.39 is 11.6 Å². The van der Waals surface area contributed by atoms with Gasteiger partial charge in [-0.05, 0) is 17.7 Å². The molecular weight excluding hydrogens is 266 g/mol. The van der Waals surface area contributed by atoms with E-state index in [9.17, 15) is 13.6 Å². The number of amides is 1. The molecule has 0 radical (unpaired) electrons. The molecule has 1 aliphatic rings. The van der Waals surface area contributed by atoms with E-state index in [-0.39, 0.29) is 5.91 Å². The monoisotopic (exact) mass is 284 g/mol. The van der Waals surface area contributed by atoms with Gasteiger partial charge in [0, 0.05) is 38.7 Å². The van der Waals surface area contributed by atoms with E-state index in [1.807, 2.05) is 0 Å². The first-order valence-electron chi connectivity index (χ1n) is 6.66. The number of hydrogen-bond acceptors (Lipinski definition) is 3. The first kappa shape index (κ1) is 14.9. The summed E-state index contributed by atoms with van der Waals surface area (Å²) in [6.45, 7) is 3.25. The van der Waals surface area contributed by atoms with Gasteiger partial charge in [0.2, 0.25) is 5.91 Å². The Morgan fingerprint density at radius 2 is 1.85 bits per heavy atom. The molecular formula is C14H18F2N2O2. The van der Waals surface area contributed by atoms with Gasteiger partial charge in [0.05, 0.1) is 13.2 Å². The Morgan fingerprint density at radius 3 is 2.50 bits per heavy atom. The molecule has 0 aromatic heterocycles. The van der Waals surface area contributed by atoms with Crippen molar-refractivity contribution in [3.05, 3.63) is 35.4 Å². The first-order chi connectivity index (χ1) is 9.65. The fourth-order valence-electron chi connectivity index (χ4n) is 2.11. The maximum atomic E-state index is 13.0. The summed E-state index contributed by atoms with van der Waals surface area (Å²) in [6, 6.07) is 3.39. The third-order valence-corrected chi connectivity index (χ3v) is 3.13. The van der Waals surface area contributed by atoms with E-state index in [0.29, 0.717) is 51.4 Å². The molecule has 0 aliphatic carbocycles. The van der Waals surface area contributed by atoms with Crippen LogP contribution in [0.3, 0.4) is 0 Å². The van der Waals surface area contributed by atoms with Crippen LogP contribution in [0.1, 0.15) is 12.0 Å². The third-order valence-electron chi connectivity index (χ3n) is 3.13. The molecule has 1 heterocycles. The highest BCUT2D eigenvalue weighted by molar-refractivity contribution is 5.76. The van der Waals surface area contributed by atoms with Gasteiger partial charge in [-0.3, -0.25) is 4.79 Å². The summed E-state index contributed by atoms with van der Waals surface area (Å²) in [6.07, 6.45) is 0.373. The molecule has 0 atom stereocenters. The lowest BCUT2D eigenvalue weighted by Crippen LogP contribution is -2.41. The number of hydrogen-bond donors (Lipinski definition) is 1. The maximum absolute atomic E-state index is 13.0. The van der Waals surface area contributed by atoms with Crippen LogP contribution in [0, 0.1) is 11.6 Å². The minimum absolute atomic E-state index is 0.0752. The average Bonchev–Trinajstić information content (AvgIpc) is 2.43. The number of halogens is 2. The second kappa shape index (κ2) is 7.31. The van der Waals surface area contributed by atoms with Crippen molar-refractivity contribution in [3.8, 4) is 0 Å². The fourth-order valence-corrected chi connectivity index (χ4v) is 2.11. The quantitative estimate of drug-likeness (QED) is 0.829. The lowest BCUT2D eigenvalue weighted by Gasteiger charge is -2.26. The van der Waals surface area contributed by atoms with Crippen molar-refractivity contribution in [3.63, 3.8) is 0 Å². The van der Waals surface area contributed by atoms with Crippen LogP contribution in [0.15, 0.2) is 18.2 Å². The average molecular weight is 284 g/mol. The fraction of sp³-hybridized carbons (Fsp3) is 0.500. The van der Waals surface area contributed by atoms with Crippen molar-refractivity contribution in [1.82, 2.24) is 10.2 Å². The zero-order chi connectivity index (χ0) is 14.4. The van der Waals surface area contributed by atoms with Gasteiger partial charge in [-0.2, -0.15) is 0 Å². The summed E-state index contributed by atoms with van der Waals surface area (Å²) in [5.74, 6) is -1.11. The molecule has 0 unspecified atom stereocenters. The van der Waals surface area contributed by atoms with Crippen LogP contribution in [0.25, 0.3) is 0 Å². The Bertz CT molecular complexity index is 442. The van der Waals surface area contributed by atoms with Crippen molar-refractivity contribution >= 4 is 5.91 Å². The highest BCUT2D eigenvalue weighted by Crippen LogP contribution is 2.07. The number of carbonyl (C=O) groups excluding carboxylic acids is 1. The van der Waals surface area contributed by atoms with Crippen LogP contribution < -0.4 is 5.32 Å². The summed E-state index contributed by atoms with van der Waals surface area (Å²) >= 11 is 0. The highest BCUT2D eigenvalue weighted by atomic mass is 19.1. The van der Waals surface area contributed by atoms with E-state index in [1.54, 1.807) is 4.90 Å². The lowest BCUT2D eigenvalue weighted by molar-refractivity contribution is -0.135. The van der Waals surface area contributed by atoms with Gasteiger partial charge in [-0.25, -0.2) is 8.78 Å². The zero-order valence-corrected chi connectivity index (χ0v) is 11.2. The number of nitrogens with one attached hydrogen (secondary N) is 1. The maximum Gasteiger partial charge on any atom is 0.224 e. The Labute approximate surface area is 116 Å². The Morgan fingerprint density at radius 1 is 1.20 bits per heavy atom. The molecule has 4 nitrogen and oxygen atoms in total. The van der Waals surface area contributed by atoms with E-state index in [1.165, 1.54) is 12.1 Å². The van der Waals surface area contributed by atoms with Crippen molar-refractivity contribution in [2.45, 2.75) is 13.0 Å². The summed E-state index contributed by atoms with van der Waals surface area (Å²) in [7, 11) is 0. The molecule has 0 bridgehead atoms. The summed E-state index contributed by atoms with van der Waals surface area (Å²) in [4.78, 5) is 13.6. The molecule has 20 heavy (non-hydrogen) atoms. The predicted octanol–water partition coefficient (Wildman–Crippen LogP) is 1.30. The normalized spacial score (nSPS) is 15.4. The van der Waals surface area contributed by atoms with E-state index >= 15 is 0 Å². The predicted molar refractivity (Wildman–Crippen MR) is 70.1 cm³/mol. The van der Waals surface area contributed by atoms with Crippen molar-refractivity contribution in [2.75, 3.05) is 32.8 Å². The van der Waals surface area contributed by atoms with Gasteiger partial charge in [0.1, 0.15) is 11.6 Å². The largest absolute Gasteiger partial charge is 0.378 e. The minimum Gasteiger partial charge on any atom is -0.378 e. The molecule has 2 rings (SSSR count). The minimum atomic E-state index is -0.591. The molecule has 110 valence electrons. The smallest absolute Gasteiger partial charge is 0.224 e. The molecule has 1 fully saturated rings. The van der Waals surface area contributed by atoms with E-state index in [2.05, 4.69) is 5.32 Å². The molecule has 1 amide bonds. The van der Waals surface area contributed by atoms with Crippen LogP contribution >= 0.6 is 0 Å². The molecule has 1 N–H and O–H groups in total. The first-order valence-corrected chi connectivity index (χ1v) is 6.66. The molecule has 1 saturated heterocycles. The number of nitrogens with zero attached hydrogens (tertiary/aromatic N) is 1. The molecule has 1 aromatic rings. The summed E-state index contributed by atoms with van der Waals surface area (Å²) in [5, 5.41) is 3.01. The van der Waals surface area contributed by atoms with Crippen molar-refractivity contribution in [2.24, 2.45) is 0 Å². The number of morpholine rings is 1. The topological polar surface area (TPSA) is 41.6 Å². The number of ether oxygens (including phenoxy) is 1. The molecule has 1 aromatic carbocycles. The standard InChI is InChI=1S/C14H18F2N2O2/c15-12-7-11(8-13(16)9-12)10-17-2-1-14(19)18-3-5-20-6-4-18/h7-9,17H,1-6,10H2. The molecule has 1 aliphatic heterocycles. The molecule has 0 spiro atoms. The molecule has 0 saturated carbocycles. The van der Waals surface area contributed by atoms with Crippen LogP contribution in [-0.4, -0.2) is 43.7 Å². The van der Waals surface area contributed by atoms with Gasteiger partial charge in [-0.15, -0.1) is 0 Å². The summed E-state index contributed by atoms with van der Waals surface area (Å²) < 4.78 is 31.1. The Kier molecular flexibility index (Phi) is 5.43.